The molecule has 0 fully saturated rings. The maximum absolute atomic E-state index is 12.7. The summed E-state index contributed by atoms with van der Waals surface area (Å²) in [5.74, 6) is 0.482. The second kappa shape index (κ2) is 6.53. The number of carbonyl (C=O) groups is 1. The van der Waals surface area contributed by atoms with Crippen molar-refractivity contribution in [2.45, 2.75) is 0 Å². The van der Waals surface area contributed by atoms with Crippen LogP contribution in [-0.4, -0.2) is 15.3 Å². The molecule has 0 bridgehead atoms. The number of fused-ring (bicyclic) bond motifs is 1. The lowest BCUT2D eigenvalue weighted by molar-refractivity contribution is 0.102. The van der Waals surface area contributed by atoms with Crippen molar-refractivity contribution in [3.8, 4) is 11.3 Å². The van der Waals surface area contributed by atoms with Crippen molar-refractivity contribution < 1.29 is 4.79 Å². The molecule has 0 spiro atoms. The summed E-state index contributed by atoms with van der Waals surface area (Å²) in [6, 6.07) is 22.9. The molecule has 5 heteroatoms. The molecule has 2 aromatic carbocycles. The van der Waals surface area contributed by atoms with Crippen molar-refractivity contribution in [3.05, 3.63) is 89.0 Å². The lowest BCUT2D eigenvalue weighted by atomic mass is 10.1. The van der Waals surface area contributed by atoms with Gasteiger partial charge in [0.25, 0.3) is 5.91 Å². The number of carbonyl (C=O) groups excluding carboxylic acids is 1. The first-order valence-electron chi connectivity index (χ1n) is 7.82. The lowest BCUT2D eigenvalue weighted by Gasteiger charge is -2.08. The molecule has 2 heterocycles. The van der Waals surface area contributed by atoms with E-state index >= 15 is 0 Å². The minimum Gasteiger partial charge on any atom is -0.306 e. The summed E-state index contributed by atoms with van der Waals surface area (Å²) in [5.41, 5.74) is 3.07. The molecule has 0 aliphatic carbocycles. The van der Waals surface area contributed by atoms with E-state index in [1.807, 2.05) is 71.3 Å². The number of hydrogen-bond acceptors (Lipinski definition) is 2. The molecule has 4 rings (SSSR count). The van der Waals surface area contributed by atoms with E-state index in [9.17, 15) is 4.79 Å². The zero-order chi connectivity index (χ0) is 17.2. The number of amides is 1. The van der Waals surface area contributed by atoms with Gasteiger partial charge in [-0.15, -0.1) is 0 Å². The molecule has 0 atom stereocenters. The van der Waals surface area contributed by atoms with Gasteiger partial charge in [-0.1, -0.05) is 58.4 Å². The van der Waals surface area contributed by atoms with Gasteiger partial charge >= 0.3 is 0 Å². The molecule has 0 aliphatic rings. The number of nitrogens with zero attached hydrogens (tertiary/aromatic N) is 2. The average molecular weight is 392 g/mol. The first-order valence-corrected chi connectivity index (χ1v) is 8.61. The molecule has 4 nitrogen and oxygen atoms in total. The van der Waals surface area contributed by atoms with Crippen molar-refractivity contribution in [2.24, 2.45) is 0 Å². The average Bonchev–Trinajstić information content (AvgIpc) is 3.01. The van der Waals surface area contributed by atoms with Crippen LogP contribution < -0.4 is 5.32 Å². The molecule has 2 aromatic heterocycles. The van der Waals surface area contributed by atoms with Crippen LogP contribution in [0.4, 0.5) is 5.82 Å². The Morgan fingerprint density at radius 3 is 2.56 bits per heavy atom. The Balaban J connectivity index is 1.81. The number of nitrogens with one attached hydrogen (secondary N) is 1. The molecular formula is C20H14BrN3O. The van der Waals surface area contributed by atoms with E-state index in [1.54, 1.807) is 12.1 Å². The summed E-state index contributed by atoms with van der Waals surface area (Å²) < 4.78 is 2.75. The highest BCUT2D eigenvalue weighted by Crippen LogP contribution is 2.29. The van der Waals surface area contributed by atoms with Crippen molar-refractivity contribution >= 4 is 33.3 Å². The van der Waals surface area contributed by atoms with Gasteiger partial charge in [-0.3, -0.25) is 9.20 Å². The van der Waals surface area contributed by atoms with Crippen LogP contribution in [0, 0.1) is 0 Å². The fraction of sp³-hybridized carbons (Fsp3) is 0. The zero-order valence-electron chi connectivity index (χ0n) is 13.2. The largest absolute Gasteiger partial charge is 0.306 e. The van der Waals surface area contributed by atoms with Crippen molar-refractivity contribution in [2.75, 3.05) is 5.32 Å². The van der Waals surface area contributed by atoms with Crippen LogP contribution in [0.5, 0.6) is 0 Å². The monoisotopic (exact) mass is 391 g/mol. The molecule has 25 heavy (non-hydrogen) atoms. The molecule has 1 N–H and O–H groups in total. The number of rotatable bonds is 3. The molecule has 122 valence electrons. The smallest absolute Gasteiger partial charge is 0.256 e. The number of hydrogen-bond donors (Lipinski definition) is 1. The van der Waals surface area contributed by atoms with Gasteiger partial charge in [-0.2, -0.15) is 0 Å². The number of aromatic nitrogens is 2. The maximum Gasteiger partial charge on any atom is 0.256 e. The molecule has 0 saturated carbocycles. The van der Waals surface area contributed by atoms with Gasteiger partial charge < -0.3 is 5.32 Å². The summed E-state index contributed by atoms with van der Waals surface area (Å²) in [6.45, 7) is 0. The van der Waals surface area contributed by atoms with Gasteiger partial charge in [0, 0.05) is 21.8 Å². The standard InChI is InChI=1S/C20H14BrN3O/c21-16-10-6-9-15(13-16)20(25)23-19-18(14-7-2-1-3-8-14)22-17-11-4-5-12-24(17)19/h1-13H,(H,23,25). The highest BCUT2D eigenvalue weighted by Gasteiger charge is 2.17. The van der Waals surface area contributed by atoms with E-state index in [-0.39, 0.29) is 5.91 Å². The molecule has 0 aliphatic heterocycles. The second-order valence-electron chi connectivity index (χ2n) is 5.57. The third kappa shape index (κ3) is 3.06. The van der Waals surface area contributed by atoms with Crippen molar-refractivity contribution in [1.82, 2.24) is 9.38 Å². The summed E-state index contributed by atoms with van der Waals surface area (Å²) >= 11 is 3.40. The predicted molar refractivity (Wildman–Crippen MR) is 103 cm³/mol. The molecule has 0 saturated heterocycles. The number of benzene rings is 2. The maximum atomic E-state index is 12.7. The molecule has 0 unspecified atom stereocenters. The van der Waals surface area contributed by atoms with Crippen LogP contribution in [0.1, 0.15) is 10.4 Å². The Bertz CT molecular complexity index is 1060. The van der Waals surface area contributed by atoms with Gasteiger partial charge in [0.15, 0.2) is 0 Å². The second-order valence-corrected chi connectivity index (χ2v) is 6.48. The lowest BCUT2D eigenvalue weighted by Crippen LogP contribution is -2.14. The number of halogens is 1. The summed E-state index contributed by atoms with van der Waals surface area (Å²) in [4.78, 5) is 17.4. The van der Waals surface area contributed by atoms with Gasteiger partial charge in [-0.25, -0.2) is 4.98 Å². The fourth-order valence-electron chi connectivity index (χ4n) is 2.72. The van der Waals surface area contributed by atoms with Gasteiger partial charge in [0.1, 0.15) is 17.2 Å². The highest BCUT2D eigenvalue weighted by atomic mass is 79.9. The normalized spacial score (nSPS) is 10.8. The van der Waals surface area contributed by atoms with Crippen molar-refractivity contribution in [3.63, 3.8) is 0 Å². The predicted octanol–water partition coefficient (Wildman–Crippen LogP) is 5.02. The Labute approximate surface area is 153 Å². The van der Waals surface area contributed by atoms with E-state index in [0.717, 1.165) is 21.4 Å². The van der Waals surface area contributed by atoms with E-state index in [0.29, 0.717) is 11.4 Å². The molecule has 1 amide bonds. The Kier molecular flexibility index (Phi) is 4.07. The van der Waals surface area contributed by atoms with Crippen LogP contribution in [0.3, 0.4) is 0 Å². The first-order chi connectivity index (χ1) is 12.2. The molecule has 0 radical (unpaired) electrons. The summed E-state index contributed by atoms with van der Waals surface area (Å²) in [7, 11) is 0. The first kappa shape index (κ1) is 15.6. The van der Waals surface area contributed by atoms with E-state index in [2.05, 4.69) is 26.2 Å². The molecule has 4 aromatic rings. The van der Waals surface area contributed by atoms with Gasteiger partial charge in [0.05, 0.1) is 0 Å². The number of imidazole rings is 1. The van der Waals surface area contributed by atoms with Gasteiger partial charge in [0.2, 0.25) is 0 Å². The Morgan fingerprint density at radius 1 is 0.960 bits per heavy atom. The summed E-state index contributed by atoms with van der Waals surface area (Å²) in [5, 5.41) is 3.02. The molecular weight excluding hydrogens is 378 g/mol. The minimum atomic E-state index is -0.177. The van der Waals surface area contributed by atoms with Crippen LogP contribution >= 0.6 is 15.9 Å². The minimum absolute atomic E-state index is 0.177. The van der Waals surface area contributed by atoms with Crippen LogP contribution in [0.15, 0.2) is 83.5 Å². The van der Waals surface area contributed by atoms with Crippen molar-refractivity contribution in [1.29, 1.82) is 0 Å². The quantitative estimate of drug-likeness (QED) is 0.533. The fourth-order valence-corrected chi connectivity index (χ4v) is 3.12. The Morgan fingerprint density at radius 2 is 1.76 bits per heavy atom. The third-order valence-electron chi connectivity index (χ3n) is 3.90. The van der Waals surface area contributed by atoms with Gasteiger partial charge in [-0.05, 0) is 30.3 Å². The zero-order valence-corrected chi connectivity index (χ0v) is 14.8. The summed E-state index contributed by atoms with van der Waals surface area (Å²) in [6.07, 6.45) is 1.89. The number of pyridine rings is 1. The topological polar surface area (TPSA) is 46.4 Å². The van der Waals surface area contributed by atoms with E-state index in [4.69, 9.17) is 0 Å². The Hall–Kier alpha value is -2.92. The SMILES string of the molecule is O=C(Nc1c(-c2ccccc2)nc2ccccn12)c1cccc(Br)c1. The van der Waals surface area contributed by atoms with E-state index in [1.165, 1.54) is 0 Å². The third-order valence-corrected chi connectivity index (χ3v) is 4.39. The van der Waals surface area contributed by atoms with Crippen LogP contribution in [0.2, 0.25) is 0 Å². The van der Waals surface area contributed by atoms with Crippen LogP contribution in [-0.2, 0) is 0 Å². The number of anilines is 1. The van der Waals surface area contributed by atoms with E-state index < -0.39 is 0 Å². The van der Waals surface area contributed by atoms with Crippen LogP contribution in [0.25, 0.3) is 16.9 Å². The highest BCUT2D eigenvalue weighted by molar-refractivity contribution is 9.10.